The van der Waals surface area contributed by atoms with Gasteiger partial charge < -0.3 is 15.0 Å². The van der Waals surface area contributed by atoms with Gasteiger partial charge in [-0.05, 0) is 54.8 Å². The number of nitrogens with one attached hydrogen (secondary N) is 1. The number of nitrogens with zero attached hydrogens (tertiary/aromatic N) is 1. The largest absolute Gasteiger partial charge is 0.484 e. The maximum atomic E-state index is 12.2. The quantitative estimate of drug-likeness (QED) is 0.879. The van der Waals surface area contributed by atoms with E-state index in [1.165, 1.54) is 0 Å². The van der Waals surface area contributed by atoms with Crippen molar-refractivity contribution in [3.8, 4) is 5.75 Å². The molecule has 0 aliphatic heterocycles. The highest BCUT2D eigenvalue weighted by Gasteiger charge is 2.11. The van der Waals surface area contributed by atoms with E-state index in [4.69, 9.17) is 4.74 Å². The van der Waals surface area contributed by atoms with Crippen LogP contribution < -0.4 is 10.1 Å². The maximum absolute atomic E-state index is 12.2. The average molecular weight is 340 g/mol. The normalized spacial score (nSPS) is 10.2. The minimum Gasteiger partial charge on any atom is -0.484 e. The summed E-state index contributed by atoms with van der Waals surface area (Å²) in [6.45, 7) is 4.45. The predicted molar refractivity (Wildman–Crippen MR) is 97.7 cm³/mol. The number of ether oxygens (including phenoxy) is 1. The van der Waals surface area contributed by atoms with Crippen molar-refractivity contribution in [2.24, 2.45) is 0 Å². The third-order valence-electron chi connectivity index (χ3n) is 3.85. The lowest BCUT2D eigenvalue weighted by Gasteiger charge is -2.18. The summed E-state index contributed by atoms with van der Waals surface area (Å²) in [6.07, 6.45) is 0. The summed E-state index contributed by atoms with van der Waals surface area (Å²) in [5.74, 6) is 0.474. The molecule has 0 unspecified atom stereocenters. The minimum absolute atomic E-state index is 0.00425. The van der Waals surface area contributed by atoms with E-state index < -0.39 is 0 Å². The molecular weight excluding hydrogens is 316 g/mol. The van der Waals surface area contributed by atoms with Crippen LogP contribution >= 0.6 is 0 Å². The second-order valence-corrected chi connectivity index (χ2v) is 6.14. The van der Waals surface area contributed by atoms with Crippen LogP contribution in [0.2, 0.25) is 0 Å². The number of carbonyl (C=O) groups excluding carboxylic acids is 2. The van der Waals surface area contributed by atoms with Crippen LogP contribution in [-0.2, 0) is 11.3 Å². The summed E-state index contributed by atoms with van der Waals surface area (Å²) in [6, 6.07) is 13.1. The molecule has 0 fully saturated rings. The molecule has 25 heavy (non-hydrogen) atoms. The predicted octanol–water partition coefficient (Wildman–Crippen LogP) is 2.70. The first kappa shape index (κ1) is 18.5. The molecule has 2 aromatic carbocycles. The Morgan fingerprint density at radius 1 is 1.04 bits per heavy atom. The van der Waals surface area contributed by atoms with Gasteiger partial charge in [-0.1, -0.05) is 18.2 Å². The van der Waals surface area contributed by atoms with Crippen LogP contribution in [0.5, 0.6) is 5.75 Å². The molecule has 0 heterocycles. The lowest BCUT2D eigenvalue weighted by Crippen LogP contribution is -2.31. The Labute approximate surface area is 148 Å². The molecule has 2 rings (SSSR count). The zero-order chi connectivity index (χ0) is 18.4. The van der Waals surface area contributed by atoms with Crippen molar-refractivity contribution in [1.29, 1.82) is 0 Å². The molecule has 0 aromatic heterocycles. The van der Waals surface area contributed by atoms with E-state index in [9.17, 15) is 9.59 Å². The van der Waals surface area contributed by atoms with Crippen LogP contribution in [0.25, 0.3) is 0 Å². The summed E-state index contributed by atoms with van der Waals surface area (Å²) in [7, 11) is 3.33. The first-order valence-electron chi connectivity index (χ1n) is 8.15. The third kappa shape index (κ3) is 5.35. The van der Waals surface area contributed by atoms with Gasteiger partial charge in [0.1, 0.15) is 5.75 Å². The molecule has 0 atom stereocenters. The lowest BCUT2D eigenvalue weighted by molar-refractivity contribution is -0.132. The number of benzene rings is 2. The van der Waals surface area contributed by atoms with E-state index in [2.05, 4.69) is 11.4 Å². The highest BCUT2D eigenvalue weighted by Crippen LogP contribution is 2.16. The van der Waals surface area contributed by atoms with Crippen molar-refractivity contribution in [3.63, 3.8) is 0 Å². The van der Waals surface area contributed by atoms with Crippen LogP contribution in [0.3, 0.4) is 0 Å². The monoisotopic (exact) mass is 340 g/mol. The molecule has 0 aliphatic rings. The van der Waals surface area contributed by atoms with E-state index in [1.807, 2.05) is 38.1 Å². The van der Waals surface area contributed by atoms with Crippen molar-refractivity contribution < 1.29 is 14.3 Å². The second kappa shape index (κ2) is 8.33. The van der Waals surface area contributed by atoms with Gasteiger partial charge >= 0.3 is 0 Å². The van der Waals surface area contributed by atoms with Crippen molar-refractivity contribution >= 4 is 11.8 Å². The van der Waals surface area contributed by atoms with E-state index in [0.29, 0.717) is 17.9 Å². The topological polar surface area (TPSA) is 58.6 Å². The van der Waals surface area contributed by atoms with E-state index in [-0.39, 0.29) is 18.4 Å². The standard InChI is InChI=1S/C20H24N2O3/c1-14-9-15(2)11-18(10-14)25-13-19(23)22(4)12-16-5-7-17(8-6-16)20(24)21-3/h5-11H,12-13H2,1-4H3,(H,21,24). The lowest BCUT2D eigenvalue weighted by atomic mass is 10.1. The fourth-order valence-corrected chi connectivity index (χ4v) is 2.54. The fraction of sp³-hybridized carbons (Fsp3) is 0.300. The summed E-state index contributed by atoms with van der Waals surface area (Å²) < 4.78 is 5.61. The molecule has 0 bridgehead atoms. The van der Waals surface area contributed by atoms with Crippen LogP contribution in [-0.4, -0.2) is 37.4 Å². The van der Waals surface area contributed by atoms with Crippen LogP contribution in [0.15, 0.2) is 42.5 Å². The Bertz CT molecular complexity index is 734. The highest BCUT2D eigenvalue weighted by molar-refractivity contribution is 5.93. The van der Waals surface area contributed by atoms with Crippen molar-refractivity contribution in [1.82, 2.24) is 10.2 Å². The number of rotatable bonds is 6. The number of amides is 2. The first-order valence-corrected chi connectivity index (χ1v) is 8.15. The molecule has 2 amide bonds. The van der Waals surface area contributed by atoms with Gasteiger partial charge in [0.2, 0.25) is 0 Å². The number of carbonyl (C=O) groups is 2. The van der Waals surface area contributed by atoms with E-state index in [0.717, 1.165) is 16.7 Å². The molecule has 2 aromatic rings. The van der Waals surface area contributed by atoms with Crippen molar-refractivity contribution in [2.45, 2.75) is 20.4 Å². The van der Waals surface area contributed by atoms with Crippen molar-refractivity contribution in [3.05, 3.63) is 64.7 Å². The van der Waals surface area contributed by atoms with Gasteiger partial charge in [0, 0.05) is 26.2 Å². The summed E-state index contributed by atoms with van der Waals surface area (Å²) >= 11 is 0. The Hall–Kier alpha value is -2.82. The maximum Gasteiger partial charge on any atom is 0.260 e. The molecule has 5 heteroatoms. The molecule has 1 N–H and O–H groups in total. The Morgan fingerprint density at radius 2 is 1.64 bits per heavy atom. The fourth-order valence-electron chi connectivity index (χ4n) is 2.54. The van der Waals surface area contributed by atoms with Gasteiger partial charge in [0.25, 0.3) is 11.8 Å². The van der Waals surface area contributed by atoms with Crippen LogP contribution in [0, 0.1) is 13.8 Å². The molecular formula is C20H24N2O3. The van der Waals surface area contributed by atoms with Crippen LogP contribution in [0.1, 0.15) is 27.0 Å². The molecule has 5 nitrogen and oxygen atoms in total. The van der Waals surface area contributed by atoms with E-state index >= 15 is 0 Å². The number of hydrogen-bond acceptors (Lipinski definition) is 3. The highest BCUT2D eigenvalue weighted by atomic mass is 16.5. The molecule has 0 aliphatic carbocycles. The molecule has 132 valence electrons. The number of aryl methyl sites for hydroxylation is 2. The zero-order valence-corrected chi connectivity index (χ0v) is 15.1. The smallest absolute Gasteiger partial charge is 0.260 e. The molecule has 0 saturated carbocycles. The molecule has 0 saturated heterocycles. The average Bonchev–Trinajstić information content (AvgIpc) is 2.58. The number of hydrogen-bond donors (Lipinski definition) is 1. The Balaban J connectivity index is 1.90. The minimum atomic E-state index is -0.127. The number of likely N-dealkylation sites (N-methyl/N-ethyl adjacent to an activating group) is 1. The van der Waals surface area contributed by atoms with E-state index in [1.54, 1.807) is 31.1 Å². The summed E-state index contributed by atoms with van der Waals surface area (Å²) in [5.41, 5.74) is 3.76. The van der Waals surface area contributed by atoms with Gasteiger partial charge in [-0.15, -0.1) is 0 Å². The molecule has 0 spiro atoms. The van der Waals surface area contributed by atoms with Gasteiger partial charge in [-0.25, -0.2) is 0 Å². The van der Waals surface area contributed by atoms with Gasteiger partial charge in [0.15, 0.2) is 6.61 Å². The SMILES string of the molecule is CNC(=O)c1ccc(CN(C)C(=O)COc2cc(C)cc(C)c2)cc1. The second-order valence-electron chi connectivity index (χ2n) is 6.14. The van der Waals surface area contributed by atoms with Gasteiger partial charge in [-0.3, -0.25) is 9.59 Å². The Morgan fingerprint density at radius 3 is 2.20 bits per heavy atom. The Kier molecular flexibility index (Phi) is 6.17. The third-order valence-corrected chi connectivity index (χ3v) is 3.85. The van der Waals surface area contributed by atoms with Gasteiger partial charge in [-0.2, -0.15) is 0 Å². The summed E-state index contributed by atoms with van der Waals surface area (Å²) in [4.78, 5) is 25.4. The van der Waals surface area contributed by atoms with Gasteiger partial charge in [0.05, 0.1) is 0 Å². The first-order chi connectivity index (χ1) is 11.9. The molecule has 0 radical (unpaired) electrons. The van der Waals surface area contributed by atoms with Crippen molar-refractivity contribution in [2.75, 3.05) is 20.7 Å². The zero-order valence-electron chi connectivity index (χ0n) is 15.1. The van der Waals surface area contributed by atoms with Crippen LogP contribution in [0.4, 0.5) is 0 Å². The summed E-state index contributed by atoms with van der Waals surface area (Å²) in [5, 5.41) is 2.58.